The second kappa shape index (κ2) is 9.37. The van der Waals surface area contributed by atoms with Crippen LogP contribution in [-0.4, -0.2) is 25.2 Å². The number of benzene rings is 1. The molecule has 0 aromatic heterocycles. The molecule has 1 aromatic carbocycles. The Morgan fingerprint density at radius 3 is 2.59 bits per heavy atom. The first-order valence-corrected chi connectivity index (χ1v) is 7.67. The third kappa shape index (κ3) is 6.59. The van der Waals surface area contributed by atoms with Crippen LogP contribution in [0.25, 0.3) is 0 Å². The maximum atomic E-state index is 5.41. The van der Waals surface area contributed by atoms with E-state index in [9.17, 15) is 0 Å². The highest BCUT2D eigenvalue weighted by Gasteiger charge is 1.95. The monoisotopic (exact) mass is 253 g/mol. The predicted molar refractivity (Wildman–Crippen MR) is 76.9 cm³/mol. The summed E-state index contributed by atoms with van der Waals surface area (Å²) < 4.78 is 5.41. The van der Waals surface area contributed by atoms with E-state index < -0.39 is 0 Å². The number of thioether (sulfide) groups is 1. The van der Waals surface area contributed by atoms with Gasteiger partial charge in [0.2, 0.25) is 0 Å². The van der Waals surface area contributed by atoms with Crippen molar-refractivity contribution in [1.29, 1.82) is 0 Å². The summed E-state index contributed by atoms with van der Waals surface area (Å²) in [5.41, 5.74) is 1.32. The Morgan fingerprint density at radius 2 is 1.94 bits per heavy atom. The number of unbranched alkanes of at least 4 members (excludes halogenated alkanes) is 1. The van der Waals surface area contributed by atoms with Crippen LogP contribution in [0.15, 0.2) is 24.3 Å². The summed E-state index contributed by atoms with van der Waals surface area (Å²) in [6.07, 6.45) is 4.72. The average molecular weight is 253 g/mol. The second-order valence-electron chi connectivity index (χ2n) is 3.95. The fourth-order valence-electron chi connectivity index (χ4n) is 1.60. The Kier molecular flexibility index (Phi) is 7.93. The standard InChI is InChI=1S/C14H23NOS/c1-3-16-14-8-6-13(7-9-14)12-15-10-4-5-11-17-2/h6-9,15H,3-5,10-12H2,1-2H3. The van der Waals surface area contributed by atoms with Crippen molar-refractivity contribution in [3.8, 4) is 5.75 Å². The van der Waals surface area contributed by atoms with Gasteiger partial charge in [-0.3, -0.25) is 0 Å². The molecule has 0 aliphatic rings. The van der Waals surface area contributed by atoms with E-state index in [1.165, 1.54) is 24.2 Å². The first-order valence-electron chi connectivity index (χ1n) is 6.28. The van der Waals surface area contributed by atoms with Gasteiger partial charge in [0, 0.05) is 6.54 Å². The van der Waals surface area contributed by atoms with Crippen molar-refractivity contribution in [2.45, 2.75) is 26.3 Å². The third-order valence-corrected chi connectivity index (χ3v) is 3.21. The van der Waals surface area contributed by atoms with E-state index in [0.717, 1.165) is 25.4 Å². The topological polar surface area (TPSA) is 21.3 Å². The lowest BCUT2D eigenvalue weighted by Crippen LogP contribution is -2.14. The fourth-order valence-corrected chi connectivity index (χ4v) is 2.09. The van der Waals surface area contributed by atoms with Crippen molar-refractivity contribution in [2.75, 3.05) is 25.2 Å². The van der Waals surface area contributed by atoms with Crippen LogP contribution in [0.1, 0.15) is 25.3 Å². The van der Waals surface area contributed by atoms with Gasteiger partial charge >= 0.3 is 0 Å². The van der Waals surface area contributed by atoms with Gasteiger partial charge < -0.3 is 10.1 Å². The molecule has 0 spiro atoms. The fraction of sp³-hybridized carbons (Fsp3) is 0.571. The van der Waals surface area contributed by atoms with Gasteiger partial charge in [-0.2, -0.15) is 11.8 Å². The first-order chi connectivity index (χ1) is 8.36. The number of nitrogens with one attached hydrogen (secondary N) is 1. The second-order valence-corrected chi connectivity index (χ2v) is 4.94. The maximum absolute atomic E-state index is 5.41. The van der Waals surface area contributed by atoms with Crippen LogP contribution >= 0.6 is 11.8 Å². The van der Waals surface area contributed by atoms with Crippen LogP contribution in [0.3, 0.4) is 0 Å². The summed E-state index contributed by atoms with van der Waals surface area (Å²) in [4.78, 5) is 0. The van der Waals surface area contributed by atoms with E-state index in [-0.39, 0.29) is 0 Å². The molecule has 17 heavy (non-hydrogen) atoms. The largest absolute Gasteiger partial charge is 0.494 e. The van der Waals surface area contributed by atoms with Crippen LogP contribution in [0.2, 0.25) is 0 Å². The molecular formula is C14H23NOS. The molecule has 0 saturated heterocycles. The lowest BCUT2D eigenvalue weighted by molar-refractivity contribution is 0.340. The molecule has 0 heterocycles. The Labute approximate surface area is 109 Å². The summed E-state index contributed by atoms with van der Waals surface area (Å²) in [5, 5.41) is 3.46. The molecule has 1 N–H and O–H groups in total. The van der Waals surface area contributed by atoms with Gasteiger partial charge in [0.05, 0.1) is 6.61 Å². The molecule has 3 heteroatoms. The lowest BCUT2D eigenvalue weighted by Gasteiger charge is -2.06. The molecule has 0 fully saturated rings. The van der Waals surface area contributed by atoms with Gasteiger partial charge in [-0.15, -0.1) is 0 Å². The molecule has 0 saturated carbocycles. The Hall–Kier alpha value is -0.670. The van der Waals surface area contributed by atoms with Crippen molar-refractivity contribution in [3.05, 3.63) is 29.8 Å². The predicted octanol–water partition coefficient (Wildman–Crippen LogP) is 3.32. The number of hydrogen-bond acceptors (Lipinski definition) is 3. The van der Waals surface area contributed by atoms with Gasteiger partial charge in [-0.05, 0) is 56.0 Å². The summed E-state index contributed by atoms with van der Waals surface area (Å²) in [6.45, 7) is 4.79. The SMILES string of the molecule is CCOc1ccc(CNCCCCSC)cc1. The van der Waals surface area contributed by atoms with Crippen molar-refractivity contribution < 1.29 is 4.74 Å². The van der Waals surface area contributed by atoms with E-state index in [4.69, 9.17) is 4.74 Å². The summed E-state index contributed by atoms with van der Waals surface area (Å²) >= 11 is 1.92. The van der Waals surface area contributed by atoms with Crippen molar-refractivity contribution in [1.82, 2.24) is 5.32 Å². The molecule has 0 aliphatic carbocycles. The minimum Gasteiger partial charge on any atom is -0.494 e. The molecule has 0 bridgehead atoms. The molecule has 0 radical (unpaired) electrons. The quantitative estimate of drug-likeness (QED) is 0.682. The zero-order valence-corrected chi connectivity index (χ0v) is 11.7. The van der Waals surface area contributed by atoms with Crippen molar-refractivity contribution in [2.24, 2.45) is 0 Å². The molecule has 0 amide bonds. The van der Waals surface area contributed by atoms with Crippen LogP contribution in [0.5, 0.6) is 5.75 Å². The Balaban J connectivity index is 2.14. The molecule has 96 valence electrons. The van der Waals surface area contributed by atoms with Crippen molar-refractivity contribution >= 4 is 11.8 Å². The molecule has 1 aromatic rings. The van der Waals surface area contributed by atoms with Gasteiger partial charge in [0.25, 0.3) is 0 Å². The summed E-state index contributed by atoms with van der Waals surface area (Å²) in [7, 11) is 0. The average Bonchev–Trinajstić information content (AvgIpc) is 2.36. The lowest BCUT2D eigenvalue weighted by atomic mass is 10.2. The first kappa shape index (κ1) is 14.4. The number of hydrogen-bond donors (Lipinski definition) is 1. The minimum absolute atomic E-state index is 0.729. The van der Waals surface area contributed by atoms with Crippen LogP contribution in [0, 0.1) is 0 Å². The molecule has 0 unspecified atom stereocenters. The Bertz CT molecular complexity index is 287. The summed E-state index contributed by atoms with van der Waals surface area (Å²) in [5.74, 6) is 2.22. The van der Waals surface area contributed by atoms with Gasteiger partial charge in [-0.1, -0.05) is 12.1 Å². The summed E-state index contributed by atoms with van der Waals surface area (Å²) in [6, 6.07) is 8.32. The minimum atomic E-state index is 0.729. The van der Waals surface area contributed by atoms with Crippen LogP contribution < -0.4 is 10.1 Å². The smallest absolute Gasteiger partial charge is 0.119 e. The van der Waals surface area contributed by atoms with Crippen molar-refractivity contribution in [3.63, 3.8) is 0 Å². The van der Waals surface area contributed by atoms with Gasteiger partial charge in [-0.25, -0.2) is 0 Å². The van der Waals surface area contributed by atoms with Crippen LogP contribution in [-0.2, 0) is 6.54 Å². The van der Waals surface area contributed by atoms with E-state index in [1.807, 2.05) is 30.8 Å². The van der Waals surface area contributed by atoms with Gasteiger partial charge in [0.15, 0.2) is 0 Å². The molecular weight excluding hydrogens is 230 g/mol. The molecule has 0 atom stereocenters. The van der Waals surface area contributed by atoms with Gasteiger partial charge in [0.1, 0.15) is 5.75 Å². The number of rotatable bonds is 9. The third-order valence-electron chi connectivity index (χ3n) is 2.52. The Morgan fingerprint density at radius 1 is 1.18 bits per heavy atom. The number of ether oxygens (including phenoxy) is 1. The van der Waals surface area contributed by atoms with E-state index in [1.54, 1.807) is 0 Å². The van der Waals surface area contributed by atoms with E-state index in [0.29, 0.717) is 0 Å². The normalized spacial score (nSPS) is 10.5. The van der Waals surface area contributed by atoms with Crippen LogP contribution in [0.4, 0.5) is 0 Å². The maximum Gasteiger partial charge on any atom is 0.119 e. The molecule has 0 aliphatic heterocycles. The molecule has 2 nitrogen and oxygen atoms in total. The highest BCUT2D eigenvalue weighted by molar-refractivity contribution is 7.98. The zero-order valence-electron chi connectivity index (χ0n) is 10.9. The highest BCUT2D eigenvalue weighted by Crippen LogP contribution is 2.11. The van der Waals surface area contributed by atoms with E-state index >= 15 is 0 Å². The van der Waals surface area contributed by atoms with E-state index in [2.05, 4.69) is 23.7 Å². The zero-order chi connectivity index (χ0) is 12.3. The highest BCUT2D eigenvalue weighted by atomic mass is 32.2. The molecule has 1 rings (SSSR count).